The zero-order valence-corrected chi connectivity index (χ0v) is 27.1. The van der Waals surface area contributed by atoms with Crippen LogP contribution in [0.4, 0.5) is 0 Å². The maximum absolute atomic E-state index is 2.99. The van der Waals surface area contributed by atoms with Crippen molar-refractivity contribution in [1.82, 2.24) is 0 Å². The van der Waals surface area contributed by atoms with Gasteiger partial charge in [-0.15, -0.1) is 55.8 Å². The first-order valence-electron chi connectivity index (χ1n) is 11.9. The minimum Gasteiger partial charge on any atom is -0.273 e. The number of hydrogen-bond acceptors (Lipinski definition) is 0. The Morgan fingerprint density at radius 1 is 0.605 bits per heavy atom. The van der Waals surface area contributed by atoms with E-state index in [1.165, 1.54) is 37.8 Å². The molecule has 196 valence electrons. The SMILES string of the molecule is Cc1cccc([Si]([CH-]c2ccccc2)(c2cccc(C)c2)c2cccc(C)c2)c1.Cl.Cl.Cl.[C-]1=CC=CC1.[Ti+2]. The number of aryl methyl sites for hydroxylation is 3. The molecule has 1 aliphatic rings. The number of hydrogen-bond donors (Lipinski definition) is 0. The first kappa shape index (κ1) is 36.0. The van der Waals surface area contributed by atoms with E-state index in [4.69, 9.17) is 0 Å². The van der Waals surface area contributed by atoms with Crippen LogP contribution in [-0.2, 0) is 21.7 Å². The molecule has 4 aromatic rings. The average Bonchev–Trinajstić information content (AvgIpc) is 3.44. The summed E-state index contributed by atoms with van der Waals surface area (Å²) in [4.78, 5) is 0. The Labute approximate surface area is 263 Å². The quantitative estimate of drug-likeness (QED) is 0.125. The Hall–Kier alpha value is -1.97. The summed E-state index contributed by atoms with van der Waals surface area (Å²) in [5.41, 5.74) is 5.20. The van der Waals surface area contributed by atoms with Gasteiger partial charge < -0.3 is 0 Å². The van der Waals surface area contributed by atoms with Gasteiger partial charge in [-0.1, -0.05) is 111 Å². The normalized spacial score (nSPS) is 10.9. The smallest absolute Gasteiger partial charge is 0.273 e. The van der Waals surface area contributed by atoms with Crippen LogP contribution in [0.15, 0.2) is 121 Å². The van der Waals surface area contributed by atoms with Crippen molar-refractivity contribution in [2.75, 3.05) is 0 Å². The second kappa shape index (κ2) is 17.6. The Kier molecular flexibility index (Phi) is 16.7. The van der Waals surface area contributed by atoms with Gasteiger partial charge in [-0.25, -0.2) is 12.2 Å². The van der Waals surface area contributed by atoms with Gasteiger partial charge in [0.2, 0.25) is 0 Å². The second-order valence-corrected chi connectivity index (χ2v) is 12.6. The fourth-order valence-corrected chi connectivity index (χ4v) is 9.20. The Morgan fingerprint density at radius 2 is 1.05 bits per heavy atom. The van der Waals surface area contributed by atoms with Crippen LogP contribution in [0.1, 0.15) is 28.7 Å². The van der Waals surface area contributed by atoms with Crippen molar-refractivity contribution in [3.05, 3.63) is 156 Å². The van der Waals surface area contributed by atoms with E-state index in [1.54, 1.807) is 0 Å². The van der Waals surface area contributed by atoms with Gasteiger partial charge in [0.15, 0.2) is 0 Å². The molecule has 38 heavy (non-hydrogen) atoms. The van der Waals surface area contributed by atoms with Gasteiger partial charge in [-0.2, -0.15) is 29.8 Å². The molecular weight excluding hydrogens is 579 g/mol. The summed E-state index contributed by atoms with van der Waals surface area (Å²) in [5.74, 6) is 0. The first-order chi connectivity index (χ1) is 16.6. The molecular formula is C33H35Cl3SiTi. The molecule has 0 aromatic heterocycles. The van der Waals surface area contributed by atoms with E-state index in [-0.39, 0.29) is 58.9 Å². The van der Waals surface area contributed by atoms with Gasteiger partial charge in [0.1, 0.15) is 8.07 Å². The summed E-state index contributed by atoms with van der Waals surface area (Å²) in [6.07, 6.45) is 10.0. The van der Waals surface area contributed by atoms with Crippen LogP contribution >= 0.6 is 37.2 Å². The predicted molar refractivity (Wildman–Crippen MR) is 171 cm³/mol. The molecule has 5 heteroatoms. The van der Waals surface area contributed by atoms with E-state index < -0.39 is 8.07 Å². The van der Waals surface area contributed by atoms with Crippen LogP contribution in [-0.4, -0.2) is 8.07 Å². The number of rotatable bonds is 5. The van der Waals surface area contributed by atoms with Gasteiger partial charge in [-0.3, -0.25) is 6.08 Å². The summed E-state index contributed by atoms with van der Waals surface area (Å²) >= 11 is 0. The maximum Gasteiger partial charge on any atom is 2.00 e. The monoisotopic (exact) mass is 612 g/mol. The zero-order valence-electron chi connectivity index (χ0n) is 22.1. The molecule has 1 aliphatic carbocycles. The molecule has 4 aromatic carbocycles. The Bertz CT molecular complexity index is 1180. The summed E-state index contributed by atoms with van der Waals surface area (Å²) in [6, 6.07) is 40.7. The molecule has 0 spiro atoms. The fraction of sp³-hybridized carbons (Fsp3) is 0.121. The van der Waals surface area contributed by atoms with Crippen molar-refractivity contribution < 1.29 is 21.7 Å². The summed E-state index contributed by atoms with van der Waals surface area (Å²) in [5, 5.41) is 4.28. The van der Waals surface area contributed by atoms with Gasteiger partial charge in [-0.05, 0) is 20.8 Å². The predicted octanol–water partition coefficient (Wildman–Crippen LogP) is 7.44. The molecule has 0 atom stereocenters. The largest absolute Gasteiger partial charge is 2.00 e. The third-order valence-corrected chi connectivity index (χ3v) is 10.6. The molecule has 0 bridgehead atoms. The minimum atomic E-state index is -2.38. The third kappa shape index (κ3) is 9.06. The van der Waals surface area contributed by atoms with Crippen molar-refractivity contribution in [3.8, 4) is 0 Å². The molecule has 0 fully saturated rings. The topological polar surface area (TPSA) is 0 Å². The van der Waals surface area contributed by atoms with E-state index in [0.717, 1.165) is 6.42 Å². The molecule has 5 rings (SSSR count). The van der Waals surface area contributed by atoms with E-state index in [0.29, 0.717) is 0 Å². The van der Waals surface area contributed by atoms with Crippen molar-refractivity contribution in [2.45, 2.75) is 27.2 Å². The second-order valence-electron chi connectivity index (χ2n) is 8.97. The summed E-state index contributed by atoms with van der Waals surface area (Å²) < 4.78 is 0. The van der Waals surface area contributed by atoms with Crippen molar-refractivity contribution >= 4 is 60.9 Å². The van der Waals surface area contributed by atoms with Gasteiger partial charge >= 0.3 is 21.7 Å². The van der Waals surface area contributed by atoms with Gasteiger partial charge in [0, 0.05) is 0 Å². The van der Waals surface area contributed by atoms with Gasteiger partial charge in [0.05, 0.1) is 0 Å². The number of benzene rings is 4. The average molecular weight is 614 g/mol. The molecule has 0 saturated heterocycles. The van der Waals surface area contributed by atoms with E-state index >= 15 is 0 Å². The molecule has 0 saturated carbocycles. The fourth-order valence-electron chi connectivity index (χ4n) is 4.56. The summed E-state index contributed by atoms with van der Waals surface area (Å²) in [7, 11) is -2.38. The first-order valence-corrected chi connectivity index (χ1v) is 14.0. The molecule has 0 N–H and O–H groups in total. The Balaban J connectivity index is 0.00000137. The molecule has 0 aliphatic heterocycles. The van der Waals surface area contributed by atoms with Crippen LogP contribution in [0.3, 0.4) is 0 Å². The molecule has 0 amide bonds. The van der Waals surface area contributed by atoms with Crippen LogP contribution in [0.25, 0.3) is 0 Å². The van der Waals surface area contributed by atoms with E-state index in [9.17, 15) is 0 Å². The number of allylic oxidation sites excluding steroid dienone is 4. The van der Waals surface area contributed by atoms with Crippen LogP contribution in [0, 0.1) is 32.9 Å². The van der Waals surface area contributed by atoms with Gasteiger partial charge in [0.25, 0.3) is 0 Å². The van der Waals surface area contributed by atoms with Crippen molar-refractivity contribution in [3.63, 3.8) is 0 Å². The zero-order chi connectivity index (χ0) is 23.8. The minimum absolute atomic E-state index is 0. The molecule has 0 heterocycles. The molecule has 0 unspecified atom stereocenters. The third-order valence-electron chi connectivity index (χ3n) is 6.19. The van der Waals surface area contributed by atoms with E-state index in [1.807, 2.05) is 12.2 Å². The molecule has 0 nitrogen and oxygen atoms in total. The standard InChI is InChI=1S/C28H27Si.C5H5.3ClH.Ti/c1-22-10-7-15-26(18-22)29(21-25-13-5-4-6-14-25,27-16-8-11-23(2)19-27)28-17-9-12-24(3)20-28;1-2-4-5-3-1;;;;/h4-21H,1-3H3;1-3H,4H2;3*1H;/q2*-1;;;;+2. The summed E-state index contributed by atoms with van der Waals surface area (Å²) in [6.45, 7) is 6.58. The Morgan fingerprint density at radius 3 is 1.37 bits per heavy atom. The maximum atomic E-state index is 2.99. The van der Waals surface area contributed by atoms with Crippen LogP contribution in [0.5, 0.6) is 0 Å². The number of halogens is 3. The molecule has 0 radical (unpaired) electrons. The van der Waals surface area contributed by atoms with Crippen molar-refractivity contribution in [2.24, 2.45) is 0 Å². The van der Waals surface area contributed by atoms with Crippen LogP contribution < -0.4 is 15.6 Å². The van der Waals surface area contributed by atoms with E-state index in [2.05, 4.69) is 142 Å². The van der Waals surface area contributed by atoms with Crippen LogP contribution in [0.2, 0.25) is 0 Å². The van der Waals surface area contributed by atoms with Crippen molar-refractivity contribution in [1.29, 1.82) is 0 Å².